The van der Waals surface area contributed by atoms with Gasteiger partial charge < -0.3 is 10.6 Å². The fraction of sp³-hybridized carbons (Fsp3) is 0.350. The highest BCUT2D eigenvalue weighted by Gasteiger charge is 2.16. The Morgan fingerprint density at radius 2 is 1.97 bits per heavy atom. The van der Waals surface area contributed by atoms with Gasteiger partial charge >= 0.3 is 0 Å². The summed E-state index contributed by atoms with van der Waals surface area (Å²) in [5, 5.41) is 17.3. The number of nitrogens with one attached hydrogen (secondary N) is 2. The third kappa shape index (κ3) is 4.91. The highest BCUT2D eigenvalue weighted by molar-refractivity contribution is 7.80. The highest BCUT2D eigenvalue weighted by atomic mass is 35.5. The Hall–Kier alpha value is -2.09. The zero-order chi connectivity index (χ0) is 21.1. The first-order valence-electron chi connectivity index (χ1n) is 9.37. The van der Waals surface area contributed by atoms with Crippen molar-refractivity contribution in [3.05, 3.63) is 63.2 Å². The molecule has 1 aromatic carbocycles. The molecule has 1 unspecified atom stereocenters. The maximum Gasteiger partial charge on any atom is 0.171 e. The van der Waals surface area contributed by atoms with E-state index in [0.29, 0.717) is 21.7 Å². The molecule has 2 heterocycles. The van der Waals surface area contributed by atoms with Crippen LogP contribution in [0.4, 0.5) is 5.69 Å². The molecule has 29 heavy (non-hydrogen) atoms. The van der Waals surface area contributed by atoms with Crippen molar-refractivity contribution in [3.8, 4) is 0 Å². The second-order valence-electron chi connectivity index (χ2n) is 6.83. The number of rotatable bonds is 6. The van der Waals surface area contributed by atoms with Gasteiger partial charge in [0.15, 0.2) is 5.11 Å². The van der Waals surface area contributed by atoms with Crippen molar-refractivity contribution >= 4 is 46.2 Å². The highest BCUT2D eigenvalue weighted by Crippen LogP contribution is 2.25. The van der Waals surface area contributed by atoms with Gasteiger partial charge in [-0.3, -0.25) is 9.36 Å². The molecule has 1 atom stereocenters. The molecule has 0 aliphatic carbocycles. The maximum absolute atomic E-state index is 6.31. The van der Waals surface area contributed by atoms with Gasteiger partial charge in [0.05, 0.1) is 35.4 Å². The van der Waals surface area contributed by atoms with Crippen molar-refractivity contribution in [2.24, 2.45) is 0 Å². The number of aryl methyl sites for hydroxylation is 2. The van der Waals surface area contributed by atoms with Crippen LogP contribution in [0.5, 0.6) is 0 Å². The number of anilines is 1. The second kappa shape index (κ2) is 9.15. The van der Waals surface area contributed by atoms with Crippen LogP contribution in [0.1, 0.15) is 42.5 Å². The molecule has 6 nitrogen and oxygen atoms in total. The van der Waals surface area contributed by atoms with Crippen LogP contribution in [0.25, 0.3) is 0 Å². The molecule has 3 rings (SSSR count). The predicted molar refractivity (Wildman–Crippen MR) is 123 cm³/mol. The maximum atomic E-state index is 6.31. The summed E-state index contributed by atoms with van der Waals surface area (Å²) < 4.78 is 3.86. The molecule has 9 heteroatoms. The number of aromatic nitrogens is 4. The van der Waals surface area contributed by atoms with Crippen molar-refractivity contribution in [1.82, 2.24) is 24.9 Å². The molecule has 0 aliphatic rings. The molecule has 0 radical (unpaired) electrons. The molecule has 0 bridgehead atoms. The van der Waals surface area contributed by atoms with E-state index < -0.39 is 0 Å². The van der Waals surface area contributed by atoms with E-state index in [2.05, 4.69) is 34.7 Å². The minimum Gasteiger partial charge on any atom is -0.354 e. The predicted octanol–water partition coefficient (Wildman–Crippen LogP) is 5.12. The number of benzene rings is 1. The lowest BCUT2D eigenvalue weighted by molar-refractivity contribution is 0.568. The molecule has 2 aromatic heterocycles. The van der Waals surface area contributed by atoms with E-state index >= 15 is 0 Å². The standard InChI is InChI=1S/C20H24Cl2N6S/c1-5-27-18(8-9-23-27)12(2)24-20(29)25-19-13(3)26-28(14(19)4)11-15-6-7-16(21)10-17(15)22/h6-10,12H,5,11H2,1-4H3,(H2,24,25,29). The second-order valence-corrected chi connectivity index (χ2v) is 8.08. The van der Waals surface area contributed by atoms with Gasteiger partial charge in [0.2, 0.25) is 0 Å². The first-order valence-corrected chi connectivity index (χ1v) is 10.5. The van der Waals surface area contributed by atoms with Gasteiger partial charge in [-0.1, -0.05) is 29.3 Å². The van der Waals surface area contributed by atoms with Crippen LogP contribution in [-0.2, 0) is 13.1 Å². The van der Waals surface area contributed by atoms with Crippen LogP contribution in [-0.4, -0.2) is 24.7 Å². The minimum absolute atomic E-state index is 0.0287. The van der Waals surface area contributed by atoms with Crippen LogP contribution in [0.2, 0.25) is 10.0 Å². The van der Waals surface area contributed by atoms with Gasteiger partial charge in [0.1, 0.15) is 0 Å². The quantitative estimate of drug-likeness (QED) is 0.510. The first-order chi connectivity index (χ1) is 13.8. The molecule has 0 aliphatic heterocycles. The third-order valence-corrected chi connectivity index (χ3v) is 5.60. The van der Waals surface area contributed by atoms with Gasteiger partial charge in [0, 0.05) is 22.8 Å². The summed E-state index contributed by atoms with van der Waals surface area (Å²) in [6.45, 7) is 9.44. The summed E-state index contributed by atoms with van der Waals surface area (Å²) in [5.74, 6) is 0. The van der Waals surface area contributed by atoms with Crippen molar-refractivity contribution in [1.29, 1.82) is 0 Å². The zero-order valence-corrected chi connectivity index (χ0v) is 19.2. The van der Waals surface area contributed by atoms with Crippen molar-refractivity contribution < 1.29 is 0 Å². The summed E-state index contributed by atoms with van der Waals surface area (Å²) in [7, 11) is 0. The van der Waals surface area contributed by atoms with Gasteiger partial charge in [-0.15, -0.1) is 0 Å². The van der Waals surface area contributed by atoms with Gasteiger partial charge in [-0.25, -0.2) is 0 Å². The topological polar surface area (TPSA) is 59.7 Å². The minimum atomic E-state index is 0.0287. The Balaban J connectivity index is 1.72. The smallest absolute Gasteiger partial charge is 0.171 e. The molecular formula is C20H24Cl2N6S. The molecule has 0 amide bonds. The van der Waals surface area contributed by atoms with Crippen molar-refractivity contribution in [3.63, 3.8) is 0 Å². The molecular weight excluding hydrogens is 427 g/mol. The van der Waals surface area contributed by atoms with Gasteiger partial charge in [-0.05, 0) is 63.7 Å². The molecule has 0 saturated heterocycles. The summed E-state index contributed by atoms with van der Waals surface area (Å²) in [6.07, 6.45) is 1.80. The van der Waals surface area contributed by atoms with E-state index in [9.17, 15) is 0 Å². The molecule has 0 saturated carbocycles. The number of halogens is 2. The zero-order valence-electron chi connectivity index (χ0n) is 16.8. The molecule has 3 aromatic rings. The van der Waals surface area contributed by atoms with Crippen molar-refractivity contribution in [2.45, 2.75) is 46.8 Å². The number of thiocarbonyl (C=S) groups is 1. The molecule has 0 fully saturated rings. The SMILES string of the molecule is CCn1nccc1C(C)NC(=S)Nc1c(C)nn(Cc2ccc(Cl)cc2Cl)c1C. The summed E-state index contributed by atoms with van der Waals surface area (Å²) in [6, 6.07) is 7.51. The Morgan fingerprint density at radius 3 is 2.66 bits per heavy atom. The monoisotopic (exact) mass is 450 g/mol. The van der Waals surface area contributed by atoms with E-state index in [1.165, 1.54) is 0 Å². The largest absolute Gasteiger partial charge is 0.354 e. The number of nitrogens with zero attached hydrogens (tertiary/aromatic N) is 4. The Kier molecular flexibility index (Phi) is 6.82. The lowest BCUT2D eigenvalue weighted by Crippen LogP contribution is -2.32. The van der Waals surface area contributed by atoms with Crippen LogP contribution < -0.4 is 10.6 Å². The van der Waals surface area contributed by atoms with Crippen molar-refractivity contribution in [2.75, 3.05) is 5.32 Å². The third-order valence-electron chi connectivity index (χ3n) is 4.80. The van der Waals surface area contributed by atoms with Crippen LogP contribution >= 0.6 is 35.4 Å². The van der Waals surface area contributed by atoms with E-state index in [4.69, 9.17) is 35.4 Å². The van der Waals surface area contributed by atoms with E-state index in [0.717, 1.165) is 34.9 Å². The Labute approximate surface area is 186 Å². The Bertz CT molecular complexity index is 1030. The molecule has 0 spiro atoms. The molecule has 154 valence electrons. The fourth-order valence-electron chi connectivity index (χ4n) is 3.24. The van der Waals surface area contributed by atoms with Crippen LogP contribution in [0, 0.1) is 13.8 Å². The summed E-state index contributed by atoms with van der Waals surface area (Å²) >= 11 is 17.8. The van der Waals surface area contributed by atoms with Crippen LogP contribution in [0.15, 0.2) is 30.5 Å². The summed E-state index contributed by atoms with van der Waals surface area (Å²) in [4.78, 5) is 0. The van der Waals surface area contributed by atoms with Gasteiger partial charge in [0.25, 0.3) is 0 Å². The van der Waals surface area contributed by atoms with E-state index in [-0.39, 0.29) is 6.04 Å². The normalized spacial score (nSPS) is 12.1. The number of hydrogen-bond acceptors (Lipinski definition) is 3. The lowest BCUT2D eigenvalue weighted by atomic mass is 10.2. The number of hydrogen-bond donors (Lipinski definition) is 2. The Morgan fingerprint density at radius 1 is 1.21 bits per heavy atom. The van der Waals surface area contributed by atoms with E-state index in [1.807, 2.05) is 41.4 Å². The first kappa shape index (κ1) is 21.6. The van der Waals surface area contributed by atoms with Crippen LogP contribution in [0.3, 0.4) is 0 Å². The summed E-state index contributed by atoms with van der Waals surface area (Å²) in [5.41, 5.74) is 4.77. The molecule has 2 N–H and O–H groups in total. The van der Waals surface area contributed by atoms with E-state index in [1.54, 1.807) is 12.3 Å². The lowest BCUT2D eigenvalue weighted by Gasteiger charge is -2.18. The van der Waals surface area contributed by atoms with Gasteiger partial charge in [-0.2, -0.15) is 10.2 Å². The average Bonchev–Trinajstić information content (AvgIpc) is 3.24. The average molecular weight is 451 g/mol. The fourth-order valence-corrected chi connectivity index (χ4v) is 3.99.